The molecule has 116 valence electrons. The largest absolute Gasteiger partial charge is 0.378 e. The van der Waals surface area contributed by atoms with Gasteiger partial charge in [-0.05, 0) is 23.3 Å². The van der Waals surface area contributed by atoms with Gasteiger partial charge in [-0.3, -0.25) is 0 Å². The topological polar surface area (TPSA) is 35.6 Å². The van der Waals surface area contributed by atoms with E-state index in [9.17, 15) is 4.79 Å². The molecule has 0 saturated heterocycles. The number of nitrogens with one attached hydrogen (secondary N) is 1. The molecule has 1 N–H and O–H groups in total. The first-order valence-corrected chi connectivity index (χ1v) is 7.35. The van der Waals surface area contributed by atoms with Crippen molar-refractivity contribution in [3.63, 3.8) is 0 Å². The van der Waals surface area contributed by atoms with E-state index in [1.165, 1.54) is 0 Å². The molecule has 0 heterocycles. The minimum Gasteiger partial charge on any atom is -0.378 e. The highest BCUT2D eigenvalue weighted by Crippen LogP contribution is 2.12. The fraction of sp³-hybridized carbons (Fsp3) is 0.278. The first-order valence-electron chi connectivity index (χ1n) is 7.35. The third kappa shape index (κ3) is 4.52. The van der Waals surface area contributed by atoms with Gasteiger partial charge in [-0.1, -0.05) is 42.5 Å². The fourth-order valence-electron chi connectivity index (χ4n) is 2.15. The number of anilines is 1. The maximum Gasteiger partial charge on any atom is 0.317 e. The van der Waals surface area contributed by atoms with Gasteiger partial charge in [0, 0.05) is 39.9 Å². The van der Waals surface area contributed by atoms with Crippen LogP contribution in [-0.2, 0) is 13.1 Å². The second-order valence-electron chi connectivity index (χ2n) is 5.56. The van der Waals surface area contributed by atoms with Crippen LogP contribution >= 0.6 is 0 Å². The second-order valence-corrected chi connectivity index (χ2v) is 5.56. The van der Waals surface area contributed by atoms with Crippen molar-refractivity contribution in [3.8, 4) is 0 Å². The standard InChI is InChI=1S/C18H23N3O/c1-20(2)17-11-9-15(10-12-17)13-19-18(22)21(3)14-16-7-5-4-6-8-16/h4-12H,13-14H2,1-3H3,(H,19,22). The maximum absolute atomic E-state index is 12.1. The smallest absolute Gasteiger partial charge is 0.317 e. The van der Waals surface area contributed by atoms with Gasteiger partial charge in [0.2, 0.25) is 0 Å². The third-order valence-electron chi connectivity index (χ3n) is 3.51. The monoisotopic (exact) mass is 297 g/mol. The summed E-state index contributed by atoms with van der Waals surface area (Å²) in [5.74, 6) is 0. The molecular weight excluding hydrogens is 274 g/mol. The molecule has 0 saturated carbocycles. The predicted octanol–water partition coefficient (Wildman–Crippen LogP) is 3.09. The minimum absolute atomic E-state index is 0.0689. The van der Waals surface area contributed by atoms with Gasteiger partial charge in [0.25, 0.3) is 0 Å². The van der Waals surface area contributed by atoms with Gasteiger partial charge in [0.15, 0.2) is 0 Å². The van der Waals surface area contributed by atoms with E-state index in [1.807, 2.05) is 56.6 Å². The Morgan fingerprint density at radius 3 is 2.14 bits per heavy atom. The molecule has 0 bridgehead atoms. The lowest BCUT2D eigenvalue weighted by atomic mass is 10.2. The first-order chi connectivity index (χ1) is 10.6. The van der Waals surface area contributed by atoms with E-state index in [4.69, 9.17) is 0 Å². The van der Waals surface area contributed by atoms with Crippen LogP contribution in [0.2, 0.25) is 0 Å². The van der Waals surface area contributed by atoms with Crippen LogP contribution in [0.1, 0.15) is 11.1 Å². The number of benzene rings is 2. The molecule has 0 aliphatic carbocycles. The van der Waals surface area contributed by atoms with E-state index in [-0.39, 0.29) is 6.03 Å². The van der Waals surface area contributed by atoms with E-state index in [0.717, 1.165) is 16.8 Å². The quantitative estimate of drug-likeness (QED) is 0.920. The van der Waals surface area contributed by atoms with Crippen molar-refractivity contribution < 1.29 is 4.79 Å². The number of amides is 2. The third-order valence-corrected chi connectivity index (χ3v) is 3.51. The van der Waals surface area contributed by atoms with Crippen LogP contribution in [0, 0.1) is 0 Å². The summed E-state index contributed by atoms with van der Waals surface area (Å²) in [5.41, 5.74) is 3.36. The zero-order valence-corrected chi connectivity index (χ0v) is 13.4. The Kier molecular flexibility index (Phi) is 5.42. The van der Waals surface area contributed by atoms with Crippen molar-refractivity contribution in [2.45, 2.75) is 13.1 Å². The lowest BCUT2D eigenvalue weighted by Gasteiger charge is -2.18. The highest BCUT2D eigenvalue weighted by Gasteiger charge is 2.08. The normalized spacial score (nSPS) is 10.1. The van der Waals surface area contributed by atoms with Gasteiger partial charge < -0.3 is 15.1 Å². The van der Waals surface area contributed by atoms with Gasteiger partial charge in [-0.25, -0.2) is 4.79 Å². The molecular formula is C18H23N3O. The Morgan fingerprint density at radius 2 is 1.55 bits per heavy atom. The molecule has 0 unspecified atom stereocenters. The van der Waals surface area contributed by atoms with Crippen molar-refractivity contribution in [2.24, 2.45) is 0 Å². The van der Waals surface area contributed by atoms with Crippen LogP contribution in [0.5, 0.6) is 0 Å². The number of carbonyl (C=O) groups is 1. The lowest BCUT2D eigenvalue weighted by Crippen LogP contribution is -2.36. The molecule has 0 spiro atoms. The SMILES string of the molecule is CN(Cc1ccccc1)C(=O)NCc1ccc(N(C)C)cc1. The molecule has 0 aliphatic rings. The van der Waals surface area contributed by atoms with Crippen LogP contribution in [0.15, 0.2) is 54.6 Å². The lowest BCUT2D eigenvalue weighted by molar-refractivity contribution is 0.206. The van der Waals surface area contributed by atoms with E-state index in [1.54, 1.807) is 11.9 Å². The molecule has 0 atom stereocenters. The number of nitrogens with zero attached hydrogens (tertiary/aromatic N) is 2. The van der Waals surface area contributed by atoms with Crippen molar-refractivity contribution in [3.05, 3.63) is 65.7 Å². The molecule has 4 heteroatoms. The van der Waals surface area contributed by atoms with Gasteiger partial charge in [-0.15, -0.1) is 0 Å². The molecule has 2 aromatic rings. The van der Waals surface area contributed by atoms with Crippen LogP contribution in [-0.4, -0.2) is 32.1 Å². The van der Waals surface area contributed by atoms with E-state index >= 15 is 0 Å². The van der Waals surface area contributed by atoms with Gasteiger partial charge in [0.1, 0.15) is 0 Å². The number of rotatable bonds is 5. The molecule has 22 heavy (non-hydrogen) atoms. The summed E-state index contributed by atoms with van der Waals surface area (Å²) in [4.78, 5) is 15.8. The Balaban J connectivity index is 1.84. The summed E-state index contributed by atoms with van der Waals surface area (Å²) in [5, 5.41) is 2.94. The predicted molar refractivity (Wildman–Crippen MR) is 90.9 cm³/mol. The molecule has 0 fully saturated rings. The molecule has 0 aliphatic heterocycles. The average Bonchev–Trinajstić information content (AvgIpc) is 2.53. The van der Waals surface area contributed by atoms with Crippen molar-refractivity contribution in [1.82, 2.24) is 10.2 Å². The Bertz CT molecular complexity index is 593. The summed E-state index contributed by atoms with van der Waals surface area (Å²) in [6.07, 6.45) is 0. The van der Waals surface area contributed by atoms with Crippen LogP contribution in [0.3, 0.4) is 0 Å². The minimum atomic E-state index is -0.0689. The van der Waals surface area contributed by atoms with Gasteiger partial charge >= 0.3 is 6.03 Å². The number of hydrogen-bond acceptors (Lipinski definition) is 2. The van der Waals surface area contributed by atoms with Gasteiger partial charge in [-0.2, -0.15) is 0 Å². The van der Waals surface area contributed by atoms with E-state index < -0.39 is 0 Å². The highest BCUT2D eigenvalue weighted by molar-refractivity contribution is 5.73. The number of hydrogen-bond donors (Lipinski definition) is 1. The fourth-order valence-corrected chi connectivity index (χ4v) is 2.15. The molecule has 2 amide bonds. The molecule has 0 radical (unpaired) electrons. The first kappa shape index (κ1) is 15.9. The van der Waals surface area contributed by atoms with Gasteiger partial charge in [0.05, 0.1) is 0 Å². The molecule has 2 aromatic carbocycles. The molecule has 4 nitrogen and oxygen atoms in total. The summed E-state index contributed by atoms with van der Waals surface area (Å²) in [6.45, 7) is 1.14. The Labute approximate surface area is 132 Å². The molecule has 2 rings (SSSR count). The van der Waals surface area contributed by atoms with E-state index in [0.29, 0.717) is 13.1 Å². The van der Waals surface area contributed by atoms with Crippen LogP contribution in [0.4, 0.5) is 10.5 Å². The zero-order valence-electron chi connectivity index (χ0n) is 13.4. The van der Waals surface area contributed by atoms with Crippen LogP contribution < -0.4 is 10.2 Å². The summed E-state index contributed by atoms with van der Waals surface area (Å²) >= 11 is 0. The van der Waals surface area contributed by atoms with Crippen molar-refractivity contribution in [1.29, 1.82) is 0 Å². The average molecular weight is 297 g/mol. The number of carbonyl (C=O) groups excluding carboxylic acids is 1. The Hall–Kier alpha value is -2.49. The zero-order chi connectivity index (χ0) is 15.9. The van der Waals surface area contributed by atoms with Crippen molar-refractivity contribution in [2.75, 3.05) is 26.0 Å². The Morgan fingerprint density at radius 1 is 0.909 bits per heavy atom. The second kappa shape index (κ2) is 7.50. The summed E-state index contributed by atoms with van der Waals surface area (Å²) < 4.78 is 0. The summed E-state index contributed by atoms with van der Waals surface area (Å²) in [7, 11) is 5.82. The molecule has 0 aromatic heterocycles. The van der Waals surface area contributed by atoms with E-state index in [2.05, 4.69) is 22.3 Å². The highest BCUT2D eigenvalue weighted by atomic mass is 16.2. The summed E-state index contributed by atoms with van der Waals surface area (Å²) in [6, 6.07) is 18.1. The van der Waals surface area contributed by atoms with Crippen molar-refractivity contribution >= 4 is 11.7 Å². The van der Waals surface area contributed by atoms with Crippen LogP contribution in [0.25, 0.3) is 0 Å². The number of urea groups is 1. The maximum atomic E-state index is 12.1.